The first kappa shape index (κ1) is 20.1. The number of hydrogen-bond donors (Lipinski definition) is 2. The third-order valence-electron chi connectivity index (χ3n) is 5.81. The molecule has 0 radical (unpaired) electrons. The van der Waals surface area contributed by atoms with E-state index in [1.54, 1.807) is 12.1 Å². The molecule has 146 valence electrons. The summed E-state index contributed by atoms with van der Waals surface area (Å²) < 4.78 is 13.9. The average molecular weight is 392 g/mol. The summed E-state index contributed by atoms with van der Waals surface area (Å²) >= 11 is 5.81. The Morgan fingerprint density at radius 3 is 2.78 bits per heavy atom. The maximum Gasteiger partial charge on any atom is 0.303 e. The van der Waals surface area contributed by atoms with Crippen molar-refractivity contribution in [3.8, 4) is 0 Å². The number of carboxylic acid groups (broad SMARTS) is 1. The normalized spacial score (nSPS) is 26.7. The van der Waals surface area contributed by atoms with E-state index in [-0.39, 0.29) is 12.2 Å². The van der Waals surface area contributed by atoms with Crippen LogP contribution in [0, 0.1) is 29.5 Å². The SMILES string of the molecule is O=C(O)CCC/C=C\[C@@H]1[C@@H](CNCc2ccc(Cl)cc2F)[C@H]2C=C[C@@H]1CC2. The molecule has 2 N–H and O–H groups in total. The second-order valence-corrected chi connectivity index (χ2v) is 8.05. The van der Waals surface area contributed by atoms with Crippen molar-refractivity contribution in [2.75, 3.05) is 6.54 Å². The van der Waals surface area contributed by atoms with Gasteiger partial charge in [0, 0.05) is 23.6 Å². The monoisotopic (exact) mass is 391 g/mol. The minimum Gasteiger partial charge on any atom is -0.481 e. The van der Waals surface area contributed by atoms with E-state index >= 15 is 0 Å². The summed E-state index contributed by atoms with van der Waals surface area (Å²) in [5, 5.41) is 12.6. The molecule has 0 saturated heterocycles. The zero-order chi connectivity index (χ0) is 19.2. The molecule has 0 heterocycles. The van der Waals surface area contributed by atoms with Crippen LogP contribution in [-0.2, 0) is 11.3 Å². The van der Waals surface area contributed by atoms with Gasteiger partial charge in [0.2, 0.25) is 0 Å². The number of carboxylic acids is 1. The fourth-order valence-electron chi connectivity index (χ4n) is 4.38. The average Bonchev–Trinajstić information content (AvgIpc) is 2.64. The van der Waals surface area contributed by atoms with Gasteiger partial charge in [0.25, 0.3) is 0 Å². The van der Waals surface area contributed by atoms with Crippen molar-refractivity contribution >= 4 is 17.6 Å². The van der Waals surface area contributed by atoms with E-state index in [2.05, 4.69) is 29.6 Å². The van der Waals surface area contributed by atoms with Crippen LogP contribution in [0.15, 0.2) is 42.5 Å². The molecule has 5 heteroatoms. The second-order valence-electron chi connectivity index (χ2n) is 7.61. The van der Waals surface area contributed by atoms with E-state index in [4.69, 9.17) is 16.7 Å². The fraction of sp³-hybridized carbons (Fsp3) is 0.500. The predicted octanol–water partition coefficient (Wildman–Crippen LogP) is 5.21. The van der Waals surface area contributed by atoms with Gasteiger partial charge < -0.3 is 10.4 Å². The van der Waals surface area contributed by atoms with Gasteiger partial charge in [-0.25, -0.2) is 4.39 Å². The number of fused-ring (bicyclic) bond motifs is 2. The predicted molar refractivity (Wildman–Crippen MR) is 106 cm³/mol. The summed E-state index contributed by atoms with van der Waals surface area (Å²) in [6.45, 7) is 1.34. The summed E-state index contributed by atoms with van der Waals surface area (Å²) in [4.78, 5) is 10.6. The Balaban J connectivity index is 1.55. The largest absolute Gasteiger partial charge is 0.481 e. The molecule has 2 bridgehead atoms. The van der Waals surface area contributed by atoms with Gasteiger partial charge in [0.15, 0.2) is 0 Å². The van der Waals surface area contributed by atoms with Crippen LogP contribution in [-0.4, -0.2) is 17.6 Å². The Labute approximate surface area is 165 Å². The van der Waals surface area contributed by atoms with Crippen molar-refractivity contribution in [2.45, 2.75) is 38.6 Å². The first-order valence-corrected chi connectivity index (χ1v) is 10.1. The standard InChI is InChI=1S/C22H27ClFNO2/c23-18-11-10-17(21(24)12-18)13-25-14-20-16-8-6-15(7-9-16)19(20)4-2-1-3-5-22(26)27/h2,4,6,8,10-12,15-16,19-20,25H,1,3,5,7,9,13-14H2,(H,26,27)/b4-2-/t15-,16+,19+,20+/m1/s1. The molecule has 4 atom stereocenters. The van der Waals surface area contributed by atoms with E-state index in [1.807, 2.05) is 0 Å². The molecule has 1 saturated carbocycles. The van der Waals surface area contributed by atoms with Gasteiger partial charge in [-0.3, -0.25) is 4.79 Å². The summed E-state index contributed by atoms with van der Waals surface area (Å²) in [6, 6.07) is 4.81. The molecule has 0 aromatic heterocycles. The summed E-state index contributed by atoms with van der Waals surface area (Å²) in [5.41, 5.74) is 0.636. The van der Waals surface area contributed by atoms with Crippen LogP contribution in [0.4, 0.5) is 4.39 Å². The van der Waals surface area contributed by atoms with E-state index in [9.17, 15) is 9.18 Å². The van der Waals surface area contributed by atoms with Crippen molar-refractivity contribution in [2.24, 2.45) is 23.7 Å². The number of allylic oxidation sites excluding steroid dienone is 4. The first-order chi connectivity index (χ1) is 13.0. The molecular weight excluding hydrogens is 365 g/mol. The molecule has 4 rings (SSSR count). The van der Waals surface area contributed by atoms with Gasteiger partial charge >= 0.3 is 5.97 Å². The van der Waals surface area contributed by atoms with Crippen LogP contribution in [0.25, 0.3) is 0 Å². The molecule has 1 aromatic rings. The Morgan fingerprint density at radius 1 is 1.30 bits per heavy atom. The lowest BCUT2D eigenvalue weighted by molar-refractivity contribution is -0.137. The third kappa shape index (κ3) is 5.43. The number of unbranched alkanes of at least 4 members (excludes halogenated alkanes) is 1. The lowest BCUT2D eigenvalue weighted by atomic mass is 9.62. The van der Waals surface area contributed by atoms with Crippen LogP contribution in [0.5, 0.6) is 0 Å². The molecule has 0 unspecified atom stereocenters. The molecule has 1 aromatic carbocycles. The van der Waals surface area contributed by atoms with E-state index < -0.39 is 5.97 Å². The Kier molecular flexibility index (Phi) is 7.08. The molecule has 1 fully saturated rings. The number of nitrogens with one attached hydrogen (secondary N) is 1. The molecule has 3 nitrogen and oxygen atoms in total. The minimum atomic E-state index is -0.737. The van der Waals surface area contributed by atoms with Crippen LogP contribution in [0.3, 0.4) is 0 Å². The minimum absolute atomic E-state index is 0.221. The van der Waals surface area contributed by atoms with Crippen LogP contribution in [0.1, 0.15) is 37.7 Å². The Bertz CT molecular complexity index is 718. The van der Waals surface area contributed by atoms with Crippen molar-refractivity contribution < 1.29 is 14.3 Å². The highest BCUT2D eigenvalue weighted by atomic mass is 35.5. The highest BCUT2D eigenvalue weighted by Crippen LogP contribution is 2.45. The lowest BCUT2D eigenvalue weighted by Gasteiger charge is -2.44. The number of rotatable bonds is 9. The quantitative estimate of drug-likeness (QED) is 0.449. The van der Waals surface area contributed by atoms with Gasteiger partial charge in [-0.05, 0) is 68.0 Å². The van der Waals surface area contributed by atoms with Crippen molar-refractivity contribution in [1.82, 2.24) is 5.32 Å². The van der Waals surface area contributed by atoms with Gasteiger partial charge in [-0.1, -0.05) is 42.0 Å². The summed E-state index contributed by atoms with van der Waals surface area (Å²) in [7, 11) is 0. The zero-order valence-corrected chi connectivity index (χ0v) is 16.2. The van der Waals surface area contributed by atoms with Crippen molar-refractivity contribution in [3.05, 3.63) is 58.9 Å². The molecule has 3 aliphatic carbocycles. The number of carbonyl (C=O) groups is 1. The summed E-state index contributed by atoms with van der Waals surface area (Å²) in [6.07, 6.45) is 13.3. The van der Waals surface area contributed by atoms with Crippen LogP contribution in [0.2, 0.25) is 5.02 Å². The smallest absolute Gasteiger partial charge is 0.303 e. The molecule has 0 aliphatic heterocycles. The Morgan fingerprint density at radius 2 is 2.07 bits per heavy atom. The van der Waals surface area contributed by atoms with E-state index in [0.717, 1.165) is 13.0 Å². The lowest BCUT2D eigenvalue weighted by Crippen LogP contribution is -2.41. The van der Waals surface area contributed by atoms with Gasteiger partial charge in [-0.2, -0.15) is 0 Å². The topological polar surface area (TPSA) is 49.3 Å². The highest BCUT2D eigenvalue weighted by molar-refractivity contribution is 6.30. The number of hydrogen-bond acceptors (Lipinski definition) is 2. The number of halogens is 2. The van der Waals surface area contributed by atoms with Crippen molar-refractivity contribution in [3.63, 3.8) is 0 Å². The molecule has 3 aliphatic rings. The van der Waals surface area contributed by atoms with E-state index in [1.165, 1.54) is 18.9 Å². The van der Waals surface area contributed by atoms with Crippen molar-refractivity contribution in [1.29, 1.82) is 0 Å². The zero-order valence-electron chi connectivity index (χ0n) is 15.4. The van der Waals surface area contributed by atoms with Crippen LogP contribution < -0.4 is 5.32 Å². The Hall–Kier alpha value is -1.65. The number of aliphatic carboxylic acids is 1. The summed E-state index contributed by atoms with van der Waals surface area (Å²) in [5.74, 6) is 1.09. The molecule has 27 heavy (non-hydrogen) atoms. The number of benzene rings is 1. The third-order valence-corrected chi connectivity index (χ3v) is 6.04. The maximum atomic E-state index is 13.9. The van der Waals surface area contributed by atoms with E-state index in [0.29, 0.717) is 47.2 Å². The molecule has 0 spiro atoms. The van der Waals surface area contributed by atoms with Crippen LogP contribution >= 0.6 is 11.6 Å². The van der Waals surface area contributed by atoms with Gasteiger partial charge in [0.05, 0.1) is 0 Å². The van der Waals surface area contributed by atoms with Gasteiger partial charge in [-0.15, -0.1) is 0 Å². The first-order valence-electron chi connectivity index (χ1n) is 9.76. The molecule has 0 amide bonds. The highest BCUT2D eigenvalue weighted by Gasteiger charge is 2.38. The molecular formula is C22H27ClFNO2. The fourth-order valence-corrected chi connectivity index (χ4v) is 4.54. The van der Waals surface area contributed by atoms with Gasteiger partial charge in [0.1, 0.15) is 5.82 Å². The maximum absolute atomic E-state index is 13.9. The second kappa shape index (κ2) is 9.52.